The summed E-state index contributed by atoms with van der Waals surface area (Å²) in [7, 11) is 0. The van der Waals surface area contributed by atoms with E-state index in [9.17, 15) is 19.1 Å². The van der Waals surface area contributed by atoms with Gasteiger partial charge in [0, 0.05) is 12.0 Å². The lowest BCUT2D eigenvalue weighted by Crippen LogP contribution is -2.43. The Morgan fingerprint density at radius 3 is 2.63 bits per heavy atom. The van der Waals surface area contributed by atoms with E-state index in [2.05, 4.69) is 10.3 Å². The van der Waals surface area contributed by atoms with Gasteiger partial charge in [0.1, 0.15) is 10.8 Å². The van der Waals surface area contributed by atoms with E-state index in [4.69, 9.17) is 0 Å². The van der Waals surface area contributed by atoms with Gasteiger partial charge in [0.15, 0.2) is 0 Å². The number of nitrogens with one attached hydrogen (secondary N) is 1. The summed E-state index contributed by atoms with van der Waals surface area (Å²) in [6.45, 7) is 0. The zero-order valence-electron chi connectivity index (χ0n) is 14.8. The monoisotopic (exact) mass is 388 g/mol. The van der Waals surface area contributed by atoms with Crippen LogP contribution in [0.4, 0.5) is 4.39 Å². The van der Waals surface area contributed by atoms with Crippen molar-refractivity contribution in [3.63, 3.8) is 0 Å². The summed E-state index contributed by atoms with van der Waals surface area (Å²) in [6, 6.07) is 6.12. The summed E-state index contributed by atoms with van der Waals surface area (Å²) in [5.41, 5.74) is 0.960. The molecule has 2 aliphatic rings. The predicted octanol–water partition coefficient (Wildman–Crippen LogP) is 4.09. The van der Waals surface area contributed by atoms with Gasteiger partial charge >= 0.3 is 5.97 Å². The number of aryl methyl sites for hydroxylation is 1. The summed E-state index contributed by atoms with van der Waals surface area (Å²) in [4.78, 5) is 29.7. The Balaban J connectivity index is 1.50. The lowest BCUT2D eigenvalue weighted by molar-refractivity contribution is -0.157. The molecule has 1 atom stereocenters. The van der Waals surface area contributed by atoms with E-state index >= 15 is 0 Å². The molecule has 27 heavy (non-hydrogen) atoms. The predicted molar refractivity (Wildman–Crippen MR) is 99.9 cm³/mol. The number of thiazole rings is 1. The van der Waals surface area contributed by atoms with E-state index in [1.807, 2.05) is 0 Å². The number of hydrogen-bond donors (Lipinski definition) is 2. The molecule has 1 fully saturated rings. The summed E-state index contributed by atoms with van der Waals surface area (Å²) in [5, 5.41) is 13.3. The molecule has 1 aromatic heterocycles. The molecule has 5 nitrogen and oxygen atoms in total. The highest BCUT2D eigenvalue weighted by Crippen LogP contribution is 2.44. The largest absolute Gasteiger partial charge is 0.481 e. The molecule has 1 saturated carbocycles. The Hall–Kier alpha value is -2.28. The Morgan fingerprint density at radius 2 is 2.00 bits per heavy atom. The Morgan fingerprint density at radius 1 is 1.26 bits per heavy atom. The molecular weight excluding hydrogens is 367 g/mol. The van der Waals surface area contributed by atoms with Gasteiger partial charge in [0.2, 0.25) is 5.91 Å². The van der Waals surface area contributed by atoms with Gasteiger partial charge < -0.3 is 10.4 Å². The summed E-state index contributed by atoms with van der Waals surface area (Å²) in [6.07, 6.45) is 4.65. The zero-order valence-corrected chi connectivity index (χ0v) is 15.7. The minimum absolute atomic E-state index is 0.0395. The van der Waals surface area contributed by atoms with E-state index in [1.54, 1.807) is 12.1 Å². The lowest BCUT2D eigenvalue weighted by atomic mass is 9.66. The van der Waals surface area contributed by atoms with E-state index < -0.39 is 11.4 Å². The maximum Gasteiger partial charge on any atom is 0.310 e. The molecule has 1 unspecified atom stereocenters. The summed E-state index contributed by atoms with van der Waals surface area (Å²) < 4.78 is 13.2. The van der Waals surface area contributed by atoms with Crippen LogP contribution < -0.4 is 5.32 Å². The van der Waals surface area contributed by atoms with E-state index in [0.29, 0.717) is 12.8 Å². The van der Waals surface area contributed by atoms with Crippen LogP contribution in [0.1, 0.15) is 55.1 Å². The average Bonchev–Trinajstić information content (AvgIpc) is 3.04. The molecule has 142 valence electrons. The minimum atomic E-state index is -0.880. The van der Waals surface area contributed by atoms with Crippen LogP contribution in [0.5, 0.6) is 0 Å². The van der Waals surface area contributed by atoms with Gasteiger partial charge in [-0.2, -0.15) is 0 Å². The maximum absolute atomic E-state index is 13.2. The SMILES string of the molecule is O=C(CC1(C(=O)O)CCC1)NC1CCCc2nc(-c3ccc(F)cc3)sc21. The molecule has 0 radical (unpaired) electrons. The molecule has 7 heteroatoms. The molecular formula is C20H21FN2O3S. The number of fused-ring (bicyclic) bond motifs is 1. The van der Waals surface area contributed by atoms with Gasteiger partial charge in [-0.15, -0.1) is 11.3 Å². The van der Waals surface area contributed by atoms with Crippen molar-refractivity contribution in [3.8, 4) is 10.6 Å². The first-order valence-corrected chi connectivity index (χ1v) is 10.1. The number of halogens is 1. The van der Waals surface area contributed by atoms with Crippen molar-refractivity contribution in [2.24, 2.45) is 5.41 Å². The van der Waals surface area contributed by atoms with Gasteiger partial charge in [0.05, 0.1) is 22.0 Å². The van der Waals surface area contributed by atoms with Crippen molar-refractivity contribution in [2.45, 2.75) is 51.0 Å². The second kappa shape index (κ2) is 7.03. The lowest BCUT2D eigenvalue weighted by Gasteiger charge is -2.37. The number of aliphatic carboxylic acids is 1. The number of nitrogens with zero attached hydrogens (tertiary/aromatic N) is 1. The first kappa shape index (κ1) is 18.1. The van der Waals surface area contributed by atoms with Gasteiger partial charge in [-0.25, -0.2) is 9.37 Å². The first-order chi connectivity index (χ1) is 13.0. The fourth-order valence-corrected chi connectivity index (χ4v) is 5.10. The second-order valence-electron chi connectivity index (χ2n) is 7.46. The van der Waals surface area contributed by atoms with Crippen LogP contribution in [0.2, 0.25) is 0 Å². The molecule has 1 heterocycles. The quantitative estimate of drug-likeness (QED) is 0.809. The Kier molecular flexibility index (Phi) is 4.72. The minimum Gasteiger partial charge on any atom is -0.481 e. The van der Waals surface area contributed by atoms with Crippen molar-refractivity contribution in [3.05, 3.63) is 40.7 Å². The second-order valence-corrected chi connectivity index (χ2v) is 8.50. The van der Waals surface area contributed by atoms with Crippen molar-refractivity contribution >= 4 is 23.2 Å². The van der Waals surface area contributed by atoms with Crippen LogP contribution in [-0.4, -0.2) is 22.0 Å². The maximum atomic E-state index is 13.2. The van der Waals surface area contributed by atoms with Crippen LogP contribution in [-0.2, 0) is 16.0 Å². The smallest absolute Gasteiger partial charge is 0.310 e. The highest BCUT2D eigenvalue weighted by atomic mass is 32.1. The molecule has 1 aromatic carbocycles. The number of carbonyl (C=O) groups is 2. The molecule has 4 rings (SSSR count). The molecule has 2 N–H and O–H groups in total. The highest BCUT2D eigenvalue weighted by molar-refractivity contribution is 7.15. The Bertz CT molecular complexity index is 874. The fourth-order valence-electron chi connectivity index (χ4n) is 3.90. The van der Waals surface area contributed by atoms with Crippen LogP contribution in [0.3, 0.4) is 0 Å². The normalized spacial score (nSPS) is 20.4. The number of carbonyl (C=O) groups excluding carboxylic acids is 1. The molecule has 2 aromatic rings. The van der Waals surface area contributed by atoms with E-state index in [1.165, 1.54) is 23.5 Å². The van der Waals surface area contributed by atoms with Gasteiger partial charge in [-0.3, -0.25) is 9.59 Å². The topological polar surface area (TPSA) is 79.3 Å². The average molecular weight is 388 g/mol. The summed E-state index contributed by atoms with van der Waals surface area (Å²) in [5.74, 6) is -1.36. The highest BCUT2D eigenvalue weighted by Gasteiger charge is 2.46. The number of benzene rings is 1. The number of aromatic nitrogens is 1. The number of carboxylic acid groups (broad SMARTS) is 1. The van der Waals surface area contributed by atoms with E-state index in [0.717, 1.165) is 46.8 Å². The van der Waals surface area contributed by atoms with Gasteiger partial charge in [-0.1, -0.05) is 6.42 Å². The molecule has 1 amide bonds. The van der Waals surface area contributed by atoms with Crippen LogP contribution in [0, 0.1) is 11.2 Å². The van der Waals surface area contributed by atoms with Gasteiger partial charge in [-0.05, 0) is 56.4 Å². The fraction of sp³-hybridized carbons (Fsp3) is 0.450. The van der Waals surface area contributed by atoms with Crippen molar-refractivity contribution in [2.75, 3.05) is 0 Å². The molecule has 2 aliphatic carbocycles. The number of amides is 1. The molecule has 0 aliphatic heterocycles. The first-order valence-electron chi connectivity index (χ1n) is 9.25. The number of carboxylic acids is 1. The number of hydrogen-bond acceptors (Lipinski definition) is 4. The third kappa shape index (κ3) is 3.48. The van der Waals surface area contributed by atoms with Crippen LogP contribution >= 0.6 is 11.3 Å². The zero-order chi connectivity index (χ0) is 19.0. The van der Waals surface area contributed by atoms with Crippen LogP contribution in [0.15, 0.2) is 24.3 Å². The van der Waals surface area contributed by atoms with E-state index in [-0.39, 0.29) is 24.2 Å². The third-order valence-electron chi connectivity index (χ3n) is 5.64. The summed E-state index contributed by atoms with van der Waals surface area (Å²) >= 11 is 1.52. The Labute approximate surface area is 160 Å². The number of rotatable bonds is 5. The van der Waals surface area contributed by atoms with Crippen LogP contribution in [0.25, 0.3) is 10.6 Å². The van der Waals surface area contributed by atoms with Crippen molar-refractivity contribution in [1.82, 2.24) is 10.3 Å². The van der Waals surface area contributed by atoms with Crippen molar-refractivity contribution in [1.29, 1.82) is 0 Å². The third-order valence-corrected chi connectivity index (χ3v) is 6.90. The van der Waals surface area contributed by atoms with Crippen molar-refractivity contribution < 1.29 is 19.1 Å². The molecule has 0 spiro atoms. The van der Waals surface area contributed by atoms with Gasteiger partial charge in [0.25, 0.3) is 0 Å². The molecule has 0 bridgehead atoms. The molecule has 0 saturated heterocycles. The standard InChI is InChI=1S/C20H21FN2O3S/c21-13-7-5-12(6-8-13)18-23-15-4-1-3-14(17(15)27-18)22-16(24)11-20(19(25)26)9-2-10-20/h5-8,14H,1-4,9-11H2,(H,22,24)(H,25,26).